The van der Waals surface area contributed by atoms with Gasteiger partial charge in [-0.05, 0) is 61.7 Å². The van der Waals surface area contributed by atoms with Crippen molar-refractivity contribution in [2.24, 2.45) is 0 Å². The molecule has 2 amide bonds. The van der Waals surface area contributed by atoms with E-state index in [1.165, 1.54) is 0 Å². The van der Waals surface area contributed by atoms with E-state index < -0.39 is 0 Å². The summed E-state index contributed by atoms with van der Waals surface area (Å²) in [7, 11) is 0. The summed E-state index contributed by atoms with van der Waals surface area (Å²) in [5, 5.41) is 3.20. The van der Waals surface area contributed by atoms with Crippen LogP contribution in [0.1, 0.15) is 24.0 Å². The van der Waals surface area contributed by atoms with Crippen molar-refractivity contribution in [1.82, 2.24) is 0 Å². The molecule has 136 valence electrons. The van der Waals surface area contributed by atoms with Crippen molar-refractivity contribution < 1.29 is 14.3 Å². The molecule has 1 heterocycles. The average molecular weight is 373 g/mol. The molecule has 0 bridgehead atoms. The van der Waals surface area contributed by atoms with Gasteiger partial charge in [-0.15, -0.1) is 0 Å². The summed E-state index contributed by atoms with van der Waals surface area (Å²) in [5.74, 6) is 0.467. The molecule has 0 saturated carbocycles. The van der Waals surface area contributed by atoms with Crippen molar-refractivity contribution in [2.75, 3.05) is 23.4 Å². The van der Waals surface area contributed by atoms with Crippen LogP contribution in [0.25, 0.3) is 0 Å². The Labute approximate surface area is 157 Å². The smallest absolute Gasteiger partial charge is 0.262 e. The maximum atomic E-state index is 12.1. The fourth-order valence-corrected chi connectivity index (χ4v) is 3.35. The monoisotopic (exact) mass is 372 g/mol. The normalized spacial score (nSPS) is 13.8. The zero-order valence-corrected chi connectivity index (χ0v) is 15.6. The largest absolute Gasteiger partial charge is 0.484 e. The summed E-state index contributed by atoms with van der Waals surface area (Å²) in [6.45, 7) is 4.55. The minimum atomic E-state index is -0.273. The Balaban J connectivity index is 1.60. The lowest BCUT2D eigenvalue weighted by Crippen LogP contribution is -2.24. The van der Waals surface area contributed by atoms with Gasteiger partial charge >= 0.3 is 0 Å². The number of ether oxygens (including phenoxy) is 1. The number of carbonyl (C=O) groups excluding carboxylic acids is 2. The number of amides is 2. The Morgan fingerprint density at radius 1 is 1.19 bits per heavy atom. The SMILES string of the molecule is Cc1cc(C)cc(OCC(=O)Nc2ccc(N3CCCC3=O)c(Cl)c2)c1. The third-order valence-electron chi connectivity index (χ3n) is 4.16. The van der Waals surface area contributed by atoms with E-state index in [0.717, 1.165) is 17.5 Å². The number of rotatable bonds is 5. The van der Waals surface area contributed by atoms with Gasteiger partial charge in [0.15, 0.2) is 6.61 Å². The molecule has 0 aliphatic carbocycles. The predicted octanol–water partition coefficient (Wildman–Crippen LogP) is 4.10. The van der Waals surface area contributed by atoms with Crippen LogP contribution in [-0.4, -0.2) is 25.0 Å². The molecule has 6 heteroatoms. The van der Waals surface area contributed by atoms with E-state index in [2.05, 4.69) is 5.32 Å². The van der Waals surface area contributed by atoms with Crippen LogP contribution in [0.5, 0.6) is 5.75 Å². The number of hydrogen-bond acceptors (Lipinski definition) is 3. The minimum absolute atomic E-state index is 0.0746. The third kappa shape index (κ3) is 4.35. The molecule has 2 aromatic rings. The highest BCUT2D eigenvalue weighted by atomic mass is 35.5. The first-order valence-corrected chi connectivity index (χ1v) is 8.91. The Morgan fingerprint density at radius 2 is 1.92 bits per heavy atom. The molecule has 0 aromatic heterocycles. The lowest BCUT2D eigenvalue weighted by molar-refractivity contribution is -0.118. The zero-order valence-electron chi connectivity index (χ0n) is 14.8. The van der Waals surface area contributed by atoms with Gasteiger partial charge in [-0.25, -0.2) is 0 Å². The summed E-state index contributed by atoms with van der Waals surface area (Å²) < 4.78 is 5.55. The predicted molar refractivity (Wildman–Crippen MR) is 103 cm³/mol. The first kappa shape index (κ1) is 18.3. The van der Waals surface area contributed by atoms with Crippen LogP contribution >= 0.6 is 11.6 Å². The quantitative estimate of drug-likeness (QED) is 0.859. The maximum Gasteiger partial charge on any atom is 0.262 e. The van der Waals surface area contributed by atoms with Gasteiger partial charge in [0.1, 0.15) is 5.75 Å². The standard InChI is InChI=1S/C20H21ClN2O3/c1-13-8-14(2)10-16(9-13)26-12-19(24)22-15-5-6-18(17(21)11-15)23-7-3-4-20(23)25/h5-6,8-11H,3-4,7,12H2,1-2H3,(H,22,24). The zero-order chi connectivity index (χ0) is 18.7. The molecule has 5 nitrogen and oxygen atoms in total. The minimum Gasteiger partial charge on any atom is -0.484 e. The average Bonchev–Trinajstić information content (AvgIpc) is 2.98. The van der Waals surface area contributed by atoms with Gasteiger partial charge in [0.05, 0.1) is 10.7 Å². The number of halogens is 1. The molecule has 1 aliphatic rings. The third-order valence-corrected chi connectivity index (χ3v) is 4.46. The molecule has 3 rings (SSSR count). The van der Waals surface area contributed by atoms with Crippen LogP contribution in [0.15, 0.2) is 36.4 Å². The van der Waals surface area contributed by atoms with E-state index in [9.17, 15) is 9.59 Å². The molecule has 1 N–H and O–H groups in total. The van der Waals surface area contributed by atoms with E-state index in [-0.39, 0.29) is 18.4 Å². The second-order valence-electron chi connectivity index (χ2n) is 6.48. The lowest BCUT2D eigenvalue weighted by atomic mass is 10.1. The van der Waals surface area contributed by atoms with Crippen molar-refractivity contribution in [1.29, 1.82) is 0 Å². The van der Waals surface area contributed by atoms with Crippen LogP contribution < -0.4 is 15.0 Å². The molecule has 0 unspecified atom stereocenters. The number of nitrogens with zero attached hydrogens (tertiary/aromatic N) is 1. The van der Waals surface area contributed by atoms with Gasteiger partial charge in [-0.1, -0.05) is 17.7 Å². The van der Waals surface area contributed by atoms with Crippen molar-refractivity contribution >= 4 is 34.8 Å². The molecule has 0 spiro atoms. The number of benzene rings is 2. The lowest BCUT2D eigenvalue weighted by Gasteiger charge is -2.18. The van der Waals surface area contributed by atoms with Crippen LogP contribution in [0, 0.1) is 13.8 Å². The Morgan fingerprint density at radius 3 is 2.54 bits per heavy atom. The fourth-order valence-electron chi connectivity index (χ4n) is 3.07. The van der Waals surface area contributed by atoms with E-state index in [0.29, 0.717) is 35.1 Å². The van der Waals surface area contributed by atoms with Gasteiger partial charge in [0.25, 0.3) is 5.91 Å². The van der Waals surface area contributed by atoms with Crippen LogP contribution in [-0.2, 0) is 9.59 Å². The highest BCUT2D eigenvalue weighted by Gasteiger charge is 2.23. The van der Waals surface area contributed by atoms with Gasteiger partial charge in [-0.2, -0.15) is 0 Å². The summed E-state index contributed by atoms with van der Waals surface area (Å²) in [4.78, 5) is 25.6. The highest BCUT2D eigenvalue weighted by Crippen LogP contribution is 2.31. The van der Waals surface area contributed by atoms with Crippen molar-refractivity contribution in [3.05, 3.63) is 52.5 Å². The molecular weight excluding hydrogens is 352 g/mol. The van der Waals surface area contributed by atoms with Gasteiger partial charge in [0, 0.05) is 18.7 Å². The molecule has 1 aliphatic heterocycles. The molecule has 26 heavy (non-hydrogen) atoms. The molecule has 1 saturated heterocycles. The van der Waals surface area contributed by atoms with E-state index in [1.54, 1.807) is 23.1 Å². The van der Waals surface area contributed by atoms with Crippen LogP contribution in [0.3, 0.4) is 0 Å². The fraction of sp³-hybridized carbons (Fsp3) is 0.300. The van der Waals surface area contributed by atoms with E-state index in [1.807, 2.05) is 32.0 Å². The van der Waals surface area contributed by atoms with Gasteiger partial charge < -0.3 is 15.0 Å². The summed E-state index contributed by atoms with van der Waals surface area (Å²) >= 11 is 6.29. The first-order chi connectivity index (χ1) is 12.4. The molecule has 0 radical (unpaired) electrons. The van der Waals surface area contributed by atoms with Gasteiger partial charge in [-0.3, -0.25) is 9.59 Å². The number of anilines is 2. The van der Waals surface area contributed by atoms with Crippen molar-refractivity contribution in [3.63, 3.8) is 0 Å². The number of carbonyl (C=O) groups is 2. The molecule has 2 aromatic carbocycles. The highest BCUT2D eigenvalue weighted by molar-refractivity contribution is 6.34. The summed E-state index contributed by atoms with van der Waals surface area (Å²) in [6, 6.07) is 11.0. The Hall–Kier alpha value is -2.53. The number of aryl methyl sites for hydroxylation is 2. The van der Waals surface area contributed by atoms with E-state index >= 15 is 0 Å². The molecule has 0 atom stereocenters. The molecular formula is C20H21ClN2O3. The Bertz CT molecular complexity index is 831. The van der Waals surface area contributed by atoms with Crippen molar-refractivity contribution in [2.45, 2.75) is 26.7 Å². The Kier molecular flexibility index (Phi) is 5.47. The second-order valence-corrected chi connectivity index (χ2v) is 6.88. The number of nitrogens with one attached hydrogen (secondary N) is 1. The maximum absolute atomic E-state index is 12.1. The number of hydrogen-bond donors (Lipinski definition) is 1. The van der Waals surface area contributed by atoms with Gasteiger partial charge in [0.2, 0.25) is 5.91 Å². The first-order valence-electron chi connectivity index (χ1n) is 8.53. The summed E-state index contributed by atoms with van der Waals surface area (Å²) in [6.07, 6.45) is 1.38. The van der Waals surface area contributed by atoms with Crippen LogP contribution in [0.4, 0.5) is 11.4 Å². The van der Waals surface area contributed by atoms with Crippen LogP contribution in [0.2, 0.25) is 5.02 Å². The topological polar surface area (TPSA) is 58.6 Å². The van der Waals surface area contributed by atoms with Crippen molar-refractivity contribution in [3.8, 4) is 5.75 Å². The summed E-state index contributed by atoms with van der Waals surface area (Å²) in [5.41, 5.74) is 3.41. The second kappa shape index (κ2) is 7.79. The molecule has 1 fully saturated rings. The van der Waals surface area contributed by atoms with E-state index in [4.69, 9.17) is 16.3 Å².